The molecule has 25 heavy (non-hydrogen) atoms. The van der Waals surface area contributed by atoms with Crippen LogP contribution in [0.4, 0.5) is 5.69 Å². The first-order valence-electron chi connectivity index (χ1n) is 8.53. The minimum absolute atomic E-state index is 0.114. The summed E-state index contributed by atoms with van der Waals surface area (Å²) in [5.41, 5.74) is 2.67. The lowest BCUT2D eigenvalue weighted by atomic mass is 9.95. The molecule has 1 aliphatic rings. The van der Waals surface area contributed by atoms with E-state index in [2.05, 4.69) is 10.3 Å². The van der Waals surface area contributed by atoms with E-state index in [1.165, 1.54) is 0 Å². The molecule has 5 nitrogen and oxygen atoms in total. The molecular weight excluding hydrogens is 314 g/mol. The number of nitrogens with zero attached hydrogens (tertiary/aromatic N) is 2. The average Bonchev–Trinajstić information content (AvgIpc) is 3.01. The van der Waals surface area contributed by atoms with Crippen molar-refractivity contribution in [2.75, 3.05) is 11.4 Å². The van der Waals surface area contributed by atoms with E-state index in [0.29, 0.717) is 18.5 Å². The highest BCUT2D eigenvalue weighted by Gasteiger charge is 2.25. The molecule has 1 aliphatic heterocycles. The number of aryl methyl sites for hydroxylation is 1. The molecule has 0 unspecified atom stereocenters. The van der Waals surface area contributed by atoms with Gasteiger partial charge in [0.05, 0.1) is 5.54 Å². The van der Waals surface area contributed by atoms with Gasteiger partial charge in [-0.25, -0.2) is 0 Å². The van der Waals surface area contributed by atoms with Gasteiger partial charge in [-0.2, -0.15) is 0 Å². The number of hydrogen-bond donors (Lipinski definition) is 1. The predicted octanol–water partition coefficient (Wildman–Crippen LogP) is 3.18. The van der Waals surface area contributed by atoms with Crippen molar-refractivity contribution in [1.29, 1.82) is 0 Å². The number of aromatic nitrogens is 1. The van der Waals surface area contributed by atoms with Gasteiger partial charge in [-0.3, -0.25) is 14.6 Å². The number of amides is 2. The van der Waals surface area contributed by atoms with E-state index < -0.39 is 5.54 Å². The Morgan fingerprint density at radius 1 is 1.24 bits per heavy atom. The molecule has 5 heteroatoms. The first-order valence-corrected chi connectivity index (χ1v) is 8.53. The molecule has 0 radical (unpaired) electrons. The van der Waals surface area contributed by atoms with Crippen LogP contribution in [0.3, 0.4) is 0 Å². The van der Waals surface area contributed by atoms with E-state index in [1.54, 1.807) is 23.2 Å². The summed E-state index contributed by atoms with van der Waals surface area (Å²) in [6.45, 7) is 6.54. The largest absolute Gasteiger partial charge is 0.343 e. The van der Waals surface area contributed by atoms with Gasteiger partial charge in [0.1, 0.15) is 0 Å². The summed E-state index contributed by atoms with van der Waals surface area (Å²) < 4.78 is 0. The summed E-state index contributed by atoms with van der Waals surface area (Å²) in [5, 5.41) is 3.05. The molecule has 1 aromatic heterocycles. The lowest BCUT2D eigenvalue weighted by Gasteiger charge is -2.27. The molecule has 2 aromatic rings. The van der Waals surface area contributed by atoms with Gasteiger partial charge < -0.3 is 10.2 Å². The van der Waals surface area contributed by atoms with Gasteiger partial charge in [-0.05, 0) is 57.0 Å². The Balaban J connectivity index is 1.79. The van der Waals surface area contributed by atoms with Crippen LogP contribution in [0.1, 0.15) is 48.3 Å². The topological polar surface area (TPSA) is 62.3 Å². The van der Waals surface area contributed by atoms with E-state index in [0.717, 1.165) is 23.4 Å². The van der Waals surface area contributed by atoms with Crippen LogP contribution in [-0.4, -0.2) is 23.3 Å². The van der Waals surface area contributed by atoms with Gasteiger partial charge in [0.25, 0.3) is 5.91 Å². The Bertz CT molecular complexity index is 797. The van der Waals surface area contributed by atoms with Crippen LogP contribution in [0.5, 0.6) is 0 Å². The monoisotopic (exact) mass is 337 g/mol. The molecule has 0 bridgehead atoms. The lowest BCUT2D eigenvalue weighted by molar-refractivity contribution is -0.117. The van der Waals surface area contributed by atoms with Gasteiger partial charge in [-0.1, -0.05) is 12.1 Å². The number of rotatable bonds is 4. The second-order valence-electron chi connectivity index (χ2n) is 6.97. The van der Waals surface area contributed by atoms with Crippen molar-refractivity contribution in [3.05, 3.63) is 59.4 Å². The molecule has 130 valence electrons. The van der Waals surface area contributed by atoms with E-state index >= 15 is 0 Å². The number of pyridine rings is 1. The molecule has 1 saturated heterocycles. The second kappa shape index (κ2) is 6.67. The molecule has 1 aromatic carbocycles. The maximum absolute atomic E-state index is 12.7. The number of carbonyl (C=O) groups is 2. The second-order valence-corrected chi connectivity index (χ2v) is 6.97. The van der Waals surface area contributed by atoms with Crippen LogP contribution in [0.2, 0.25) is 0 Å². The van der Waals surface area contributed by atoms with E-state index in [1.807, 2.05) is 45.0 Å². The molecule has 3 rings (SSSR count). The molecule has 0 aliphatic carbocycles. The maximum atomic E-state index is 12.7. The number of carbonyl (C=O) groups excluding carboxylic acids is 2. The third-order valence-corrected chi connectivity index (χ3v) is 4.55. The van der Waals surface area contributed by atoms with Crippen molar-refractivity contribution in [3.63, 3.8) is 0 Å². The van der Waals surface area contributed by atoms with Gasteiger partial charge in [0.15, 0.2) is 0 Å². The Kier molecular flexibility index (Phi) is 4.57. The normalized spacial score (nSPS) is 14.7. The summed E-state index contributed by atoms with van der Waals surface area (Å²) >= 11 is 0. The minimum Gasteiger partial charge on any atom is -0.343 e. The van der Waals surface area contributed by atoms with Crippen molar-refractivity contribution in [2.24, 2.45) is 0 Å². The zero-order chi connectivity index (χ0) is 18.0. The number of benzene rings is 1. The zero-order valence-electron chi connectivity index (χ0n) is 14.9. The van der Waals surface area contributed by atoms with Crippen LogP contribution in [0, 0.1) is 6.92 Å². The number of hydrogen-bond acceptors (Lipinski definition) is 3. The molecule has 0 saturated carbocycles. The Hall–Kier alpha value is -2.69. The SMILES string of the molecule is Cc1ccc(C(C)(C)NC(=O)c2cccc(N3CCCC3=O)c2)cn1. The van der Waals surface area contributed by atoms with E-state index in [-0.39, 0.29) is 11.8 Å². The van der Waals surface area contributed by atoms with Crippen LogP contribution >= 0.6 is 0 Å². The van der Waals surface area contributed by atoms with Crippen molar-refractivity contribution in [1.82, 2.24) is 10.3 Å². The highest BCUT2D eigenvalue weighted by molar-refractivity contribution is 5.99. The summed E-state index contributed by atoms with van der Waals surface area (Å²) in [7, 11) is 0. The maximum Gasteiger partial charge on any atom is 0.252 e. The van der Waals surface area contributed by atoms with Crippen molar-refractivity contribution in [3.8, 4) is 0 Å². The standard InChI is InChI=1S/C20H23N3O2/c1-14-9-10-16(13-21-14)20(2,3)22-19(25)15-6-4-7-17(12-15)23-11-5-8-18(23)24/h4,6-7,9-10,12-13H,5,8,11H2,1-3H3,(H,22,25). The summed E-state index contributed by atoms with van der Waals surface area (Å²) in [6, 6.07) is 11.1. The van der Waals surface area contributed by atoms with Gasteiger partial charge >= 0.3 is 0 Å². The molecular formula is C20H23N3O2. The van der Waals surface area contributed by atoms with E-state index in [4.69, 9.17) is 0 Å². The lowest BCUT2D eigenvalue weighted by Crippen LogP contribution is -2.41. The fourth-order valence-corrected chi connectivity index (χ4v) is 3.00. The first kappa shape index (κ1) is 17.1. The van der Waals surface area contributed by atoms with Crippen molar-refractivity contribution in [2.45, 2.75) is 39.2 Å². The van der Waals surface area contributed by atoms with E-state index in [9.17, 15) is 9.59 Å². The third-order valence-electron chi connectivity index (χ3n) is 4.55. The number of anilines is 1. The van der Waals surface area contributed by atoms with Gasteiger partial charge in [0, 0.05) is 36.1 Å². The summed E-state index contributed by atoms with van der Waals surface area (Å²) in [6.07, 6.45) is 3.22. The van der Waals surface area contributed by atoms with Crippen LogP contribution in [-0.2, 0) is 10.3 Å². The fourth-order valence-electron chi connectivity index (χ4n) is 3.00. The van der Waals surface area contributed by atoms with Gasteiger partial charge in [-0.15, -0.1) is 0 Å². The molecule has 2 amide bonds. The Labute approximate surface area is 148 Å². The molecule has 1 N–H and O–H groups in total. The Morgan fingerprint density at radius 3 is 2.68 bits per heavy atom. The van der Waals surface area contributed by atoms with Crippen molar-refractivity contribution < 1.29 is 9.59 Å². The summed E-state index contributed by atoms with van der Waals surface area (Å²) in [4.78, 5) is 30.7. The van der Waals surface area contributed by atoms with Crippen LogP contribution < -0.4 is 10.2 Å². The van der Waals surface area contributed by atoms with Crippen molar-refractivity contribution >= 4 is 17.5 Å². The number of nitrogens with one attached hydrogen (secondary N) is 1. The Morgan fingerprint density at radius 2 is 2.04 bits per heavy atom. The average molecular weight is 337 g/mol. The molecule has 0 atom stereocenters. The highest BCUT2D eigenvalue weighted by atomic mass is 16.2. The minimum atomic E-state index is -0.544. The first-order chi connectivity index (χ1) is 11.9. The molecule has 0 spiro atoms. The predicted molar refractivity (Wildman–Crippen MR) is 97.5 cm³/mol. The molecule has 2 heterocycles. The van der Waals surface area contributed by atoms with Crippen LogP contribution in [0.15, 0.2) is 42.6 Å². The smallest absolute Gasteiger partial charge is 0.252 e. The highest BCUT2D eigenvalue weighted by Crippen LogP contribution is 2.24. The fraction of sp³-hybridized carbons (Fsp3) is 0.350. The quantitative estimate of drug-likeness (QED) is 0.932. The summed E-state index contributed by atoms with van der Waals surface area (Å²) in [5.74, 6) is -0.0531. The third kappa shape index (κ3) is 3.71. The van der Waals surface area contributed by atoms with Crippen LogP contribution in [0.25, 0.3) is 0 Å². The zero-order valence-corrected chi connectivity index (χ0v) is 14.9. The molecule has 1 fully saturated rings. The van der Waals surface area contributed by atoms with Gasteiger partial charge in [0.2, 0.25) is 5.91 Å².